The summed E-state index contributed by atoms with van der Waals surface area (Å²) in [5.74, 6) is -0.788. The molecule has 2 N–H and O–H groups in total. The summed E-state index contributed by atoms with van der Waals surface area (Å²) in [5.41, 5.74) is 2.03. The predicted molar refractivity (Wildman–Crippen MR) is 55.2 cm³/mol. The zero-order valence-corrected chi connectivity index (χ0v) is 8.29. The van der Waals surface area contributed by atoms with Gasteiger partial charge >= 0.3 is 5.97 Å². The van der Waals surface area contributed by atoms with Crippen molar-refractivity contribution < 1.29 is 9.90 Å². The molecule has 0 spiro atoms. The molecule has 0 radical (unpaired) electrons. The molecule has 1 aromatic carbocycles. The largest absolute Gasteiger partial charge is 0.481 e. The van der Waals surface area contributed by atoms with E-state index in [-0.39, 0.29) is 6.42 Å². The standard InChI is InChI=1S/C11H15NO2/c1-2-12-8-10-5-3-9(4-6-10)7-11(13)14/h3-6,12H,2,7-8H2,1H3,(H,13,14). The first-order valence-electron chi connectivity index (χ1n) is 4.72. The lowest BCUT2D eigenvalue weighted by molar-refractivity contribution is -0.136. The number of aliphatic carboxylic acids is 1. The quantitative estimate of drug-likeness (QED) is 0.743. The van der Waals surface area contributed by atoms with Gasteiger partial charge in [-0.1, -0.05) is 31.2 Å². The fourth-order valence-electron chi connectivity index (χ4n) is 1.22. The molecule has 1 rings (SSSR count). The van der Waals surface area contributed by atoms with Gasteiger partial charge in [-0.05, 0) is 17.7 Å². The van der Waals surface area contributed by atoms with E-state index in [1.54, 1.807) is 0 Å². The highest BCUT2D eigenvalue weighted by Crippen LogP contribution is 2.04. The average Bonchev–Trinajstić information content (AvgIpc) is 2.16. The SMILES string of the molecule is CCNCc1ccc(CC(=O)O)cc1. The van der Waals surface area contributed by atoms with Crippen molar-refractivity contribution in [3.8, 4) is 0 Å². The topological polar surface area (TPSA) is 49.3 Å². The fraction of sp³-hybridized carbons (Fsp3) is 0.364. The molecule has 3 heteroatoms. The van der Waals surface area contributed by atoms with E-state index in [1.807, 2.05) is 24.3 Å². The first-order chi connectivity index (χ1) is 6.72. The minimum Gasteiger partial charge on any atom is -0.481 e. The van der Waals surface area contributed by atoms with Gasteiger partial charge in [0, 0.05) is 6.54 Å². The molecule has 0 atom stereocenters. The summed E-state index contributed by atoms with van der Waals surface area (Å²) in [6.45, 7) is 3.83. The van der Waals surface area contributed by atoms with E-state index >= 15 is 0 Å². The van der Waals surface area contributed by atoms with Gasteiger partial charge in [0.1, 0.15) is 0 Å². The Morgan fingerprint density at radius 1 is 1.29 bits per heavy atom. The highest BCUT2D eigenvalue weighted by molar-refractivity contribution is 5.70. The minimum atomic E-state index is -0.788. The lowest BCUT2D eigenvalue weighted by atomic mass is 10.1. The third-order valence-electron chi connectivity index (χ3n) is 1.96. The predicted octanol–water partition coefficient (Wildman–Crippen LogP) is 1.42. The van der Waals surface area contributed by atoms with Crippen molar-refractivity contribution in [1.29, 1.82) is 0 Å². The number of carboxylic acid groups (broad SMARTS) is 1. The van der Waals surface area contributed by atoms with Crippen LogP contribution in [0.25, 0.3) is 0 Å². The van der Waals surface area contributed by atoms with Gasteiger partial charge in [0.25, 0.3) is 0 Å². The van der Waals surface area contributed by atoms with Gasteiger partial charge < -0.3 is 10.4 Å². The molecule has 0 saturated heterocycles. The maximum absolute atomic E-state index is 10.4. The molecule has 14 heavy (non-hydrogen) atoms. The molecule has 0 bridgehead atoms. The van der Waals surface area contributed by atoms with Crippen LogP contribution in [0.2, 0.25) is 0 Å². The van der Waals surface area contributed by atoms with Crippen molar-refractivity contribution in [3.05, 3.63) is 35.4 Å². The van der Waals surface area contributed by atoms with E-state index < -0.39 is 5.97 Å². The van der Waals surface area contributed by atoms with Crippen LogP contribution in [-0.2, 0) is 17.8 Å². The number of benzene rings is 1. The van der Waals surface area contributed by atoms with Crippen molar-refractivity contribution in [3.63, 3.8) is 0 Å². The van der Waals surface area contributed by atoms with Crippen LogP contribution in [0, 0.1) is 0 Å². The summed E-state index contributed by atoms with van der Waals surface area (Å²) >= 11 is 0. The zero-order chi connectivity index (χ0) is 10.4. The first-order valence-corrected chi connectivity index (χ1v) is 4.72. The van der Waals surface area contributed by atoms with Crippen molar-refractivity contribution in [1.82, 2.24) is 5.32 Å². The third-order valence-corrected chi connectivity index (χ3v) is 1.96. The highest BCUT2D eigenvalue weighted by atomic mass is 16.4. The molecule has 0 fully saturated rings. The molecule has 0 aliphatic heterocycles. The van der Waals surface area contributed by atoms with Crippen LogP contribution < -0.4 is 5.32 Å². The van der Waals surface area contributed by atoms with E-state index in [9.17, 15) is 4.79 Å². The van der Waals surface area contributed by atoms with Gasteiger partial charge in [-0.2, -0.15) is 0 Å². The molecule has 0 aliphatic rings. The highest BCUT2D eigenvalue weighted by Gasteiger charge is 1.99. The molecular weight excluding hydrogens is 178 g/mol. The normalized spacial score (nSPS) is 10.1. The van der Waals surface area contributed by atoms with E-state index in [0.717, 1.165) is 18.7 Å². The van der Waals surface area contributed by atoms with E-state index in [1.165, 1.54) is 5.56 Å². The van der Waals surface area contributed by atoms with E-state index in [2.05, 4.69) is 12.2 Å². The van der Waals surface area contributed by atoms with Crippen LogP contribution in [-0.4, -0.2) is 17.6 Å². The monoisotopic (exact) mass is 193 g/mol. The summed E-state index contributed by atoms with van der Waals surface area (Å²) in [6, 6.07) is 7.64. The molecule has 0 aliphatic carbocycles. The Labute approximate surface area is 83.8 Å². The Morgan fingerprint density at radius 3 is 2.36 bits per heavy atom. The lowest BCUT2D eigenvalue weighted by Gasteiger charge is -2.02. The Morgan fingerprint density at radius 2 is 1.86 bits per heavy atom. The van der Waals surface area contributed by atoms with Crippen molar-refractivity contribution in [2.45, 2.75) is 19.9 Å². The first kappa shape index (κ1) is 10.7. The Bertz CT molecular complexity index is 293. The van der Waals surface area contributed by atoms with E-state index in [4.69, 9.17) is 5.11 Å². The molecule has 0 amide bonds. The second-order valence-corrected chi connectivity index (χ2v) is 3.17. The van der Waals surface area contributed by atoms with Gasteiger partial charge in [-0.25, -0.2) is 0 Å². The number of carboxylic acids is 1. The van der Waals surface area contributed by atoms with E-state index in [0.29, 0.717) is 0 Å². The maximum Gasteiger partial charge on any atom is 0.307 e. The number of hydrogen-bond acceptors (Lipinski definition) is 2. The summed E-state index contributed by atoms with van der Waals surface area (Å²) in [5, 5.41) is 11.8. The van der Waals surface area contributed by atoms with Crippen molar-refractivity contribution >= 4 is 5.97 Å². The van der Waals surface area contributed by atoms with Gasteiger partial charge in [0.05, 0.1) is 6.42 Å². The summed E-state index contributed by atoms with van der Waals surface area (Å²) in [6.07, 6.45) is 0.0987. The van der Waals surface area contributed by atoms with Crippen molar-refractivity contribution in [2.75, 3.05) is 6.54 Å². The fourth-order valence-corrected chi connectivity index (χ4v) is 1.22. The van der Waals surface area contributed by atoms with Crippen LogP contribution in [0.3, 0.4) is 0 Å². The van der Waals surface area contributed by atoms with Gasteiger partial charge in [0.15, 0.2) is 0 Å². The third kappa shape index (κ3) is 3.58. The lowest BCUT2D eigenvalue weighted by Crippen LogP contribution is -2.11. The van der Waals surface area contributed by atoms with Gasteiger partial charge in [-0.15, -0.1) is 0 Å². The Hall–Kier alpha value is -1.35. The molecule has 3 nitrogen and oxygen atoms in total. The number of rotatable bonds is 5. The Balaban J connectivity index is 2.54. The second kappa shape index (κ2) is 5.40. The van der Waals surface area contributed by atoms with Crippen LogP contribution >= 0.6 is 0 Å². The molecule has 76 valence electrons. The average molecular weight is 193 g/mol. The zero-order valence-electron chi connectivity index (χ0n) is 8.29. The van der Waals surface area contributed by atoms with Crippen LogP contribution in [0.15, 0.2) is 24.3 Å². The number of nitrogens with one attached hydrogen (secondary N) is 1. The van der Waals surface area contributed by atoms with Crippen LogP contribution in [0.4, 0.5) is 0 Å². The molecule has 0 unspecified atom stereocenters. The molecular formula is C11H15NO2. The smallest absolute Gasteiger partial charge is 0.307 e. The minimum absolute atomic E-state index is 0.0987. The summed E-state index contributed by atoms with van der Waals surface area (Å²) < 4.78 is 0. The van der Waals surface area contributed by atoms with Gasteiger partial charge in [0.2, 0.25) is 0 Å². The summed E-state index contributed by atoms with van der Waals surface area (Å²) in [7, 11) is 0. The summed E-state index contributed by atoms with van der Waals surface area (Å²) in [4.78, 5) is 10.4. The maximum atomic E-state index is 10.4. The number of carbonyl (C=O) groups is 1. The number of hydrogen-bond donors (Lipinski definition) is 2. The molecule has 0 heterocycles. The van der Waals surface area contributed by atoms with Crippen LogP contribution in [0.1, 0.15) is 18.1 Å². The molecule has 0 aromatic heterocycles. The van der Waals surface area contributed by atoms with Crippen molar-refractivity contribution in [2.24, 2.45) is 0 Å². The second-order valence-electron chi connectivity index (χ2n) is 3.17. The van der Waals surface area contributed by atoms with Crippen LogP contribution in [0.5, 0.6) is 0 Å². The van der Waals surface area contributed by atoms with Gasteiger partial charge in [-0.3, -0.25) is 4.79 Å². The molecule has 1 aromatic rings. The Kier molecular flexibility index (Phi) is 4.13. The molecule has 0 saturated carbocycles.